The van der Waals surface area contributed by atoms with Gasteiger partial charge in [-0.15, -0.1) is 0 Å². The van der Waals surface area contributed by atoms with E-state index in [0.717, 1.165) is 11.8 Å². The number of sulfonamides is 1. The fourth-order valence-corrected chi connectivity index (χ4v) is 3.58. The Morgan fingerprint density at radius 1 is 1.48 bits per heavy atom. The van der Waals surface area contributed by atoms with E-state index in [1.54, 1.807) is 11.8 Å². The molecule has 0 aromatic heterocycles. The second-order valence-corrected chi connectivity index (χ2v) is 7.26. The van der Waals surface area contributed by atoms with Crippen molar-refractivity contribution in [2.24, 2.45) is 5.92 Å². The Kier molecular flexibility index (Phi) is 6.50. The van der Waals surface area contributed by atoms with Gasteiger partial charge in [0, 0.05) is 6.54 Å². The van der Waals surface area contributed by atoms with E-state index in [-0.39, 0.29) is 22.1 Å². The molecular formula is C13H19NO5S2. The summed E-state index contributed by atoms with van der Waals surface area (Å²) >= 11 is 1.64. The third-order valence-corrected chi connectivity index (χ3v) is 5.11. The topological polar surface area (TPSA) is 92.7 Å². The highest BCUT2D eigenvalue weighted by atomic mass is 32.2. The molecule has 0 heterocycles. The number of benzene rings is 1. The van der Waals surface area contributed by atoms with E-state index in [2.05, 4.69) is 4.72 Å². The monoisotopic (exact) mass is 333 g/mol. The highest BCUT2D eigenvalue weighted by Gasteiger charge is 2.19. The maximum absolute atomic E-state index is 12.2. The molecular weight excluding hydrogens is 314 g/mol. The number of thioether (sulfide) groups is 1. The van der Waals surface area contributed by atoms with Crippen molar-refractivity contribution < 1.29 is 23.1 Å². The van der Waals surface area contributed by atoms with Crippen molar-refractivity contribution in [2.45, 2.75) is 11.8 Å². The first kappa shape index (κ1) is 17.8. The van der Waals surface area contributed by atoms with Crippen LogP contribution in [0.1, 0.15) is 17.3 Å². The molecule has 21 heavy (non-hydrogen) atoms. The van der Waals surface area contributed by atoms with Crippen molar-refractivity contribution in [3.63, 3.8) is 0 Å². The Hall–Kier alpha value is -1.25. The highest BCUT2D eigenvalue weighted by molar-refractivity contribution is 7.98. The SMILES string of the molecule is COc1ccc(S(=O)(=O)NCC(C)CSC)cc1C(=O)O. The number of carbonyl (C=O) groups is 1. The van der Waals surface area contributed by atoms with Gasteiger partial charge in [0.05, 0.1) is 12.0 Å². The van der Waals surface area contributed by atoms with Crippen LogP contribution >= 0.6 is 11.8 Å². The van der Waals surface area contributed by atoms with E-state index in [4.69, 9.17) is 9.84 Å². The summed E-state index contributed by atoms with van der Waals surface area (Å²) < 4.78 is 31.7. The second kappa shape index (κ2) is 7.67. The first-order valence-corrected chi connectivity index (χ1v) is 9.09. The van der Waals surface area contributed by atoms with Crippen molar-refractivity contribution in [1.29, 1.82) is 0 Å². The summed E-state index contributed by atoms with van der Waals surface area (Å²) in [4.78, 5) is 11.0. The molecule has 0 aliphatic heterocycles. The first-order valence-electron chi connectivity index (χ1n) is 6.21. The summed E-state index contributed by atoms with van der Waals surface area (Å²) in [5.74, 6) is -0.0882. The van der Waals surface area contributed by atoms with Crippen molar-refractivity contribution in [1.82, 2.24) is 4.72 Å². The van der Waals surface area contributed by atoms with Crippen LogP contribution in [-0.2, 0) is 10.0 Å². The Morgan fingerprint density at radius 3 is 2.67 bits per heavy atom. The summed E-state index contributed by atoms with van der Waals surface area (Å²) in [6.07, 6.45) is 1.95. The minimum atomic E-state index is -3.73. The molecule has 0 aliphatic carbocycles. The number of carboxylic acids is 1. The molecule has 0 radical (unpaired) electrons. The van der Waals surface area contributed by atoms with Gasteiger partial charge in [0.2, 0.25) is 10.0 Å². The largest absolute Gasteiger partial charge is 0.496 e. The summed E-state index contributed by atoms with van der Waals surface area (Å²) in [7, 11) is -2.40. The van der Waals surface area contributed by atoms with Gasteiger partial charge >= 0.3 is 5.97 Å². The minimum absolute atomic E-state index is 0.0861. The molecule has 0 aliphatic rings. The maximum Gasteiger partial charge on any atom is 0.339 e. The van der Waals surface area contributed by atoms with E-state index < -0.39 is 16.0 Å². The zero-order chi connectivity index (χ0) is 16.0. The first-order chi connectivity index (χ1) is 9.81. The number of hydrogen-bond acceptors (Lipinski definition) is 5. The fraction of sp³-hybridized carbons (Fsp3) is 0.462. The van der Waals surface area contributed by atoms with Crippen LogP contribution in [0.25, 0.3) is 0 Å². The average Bonchev–Trinajstić information content (AvgIpc) is 2.44. The molecule has 1 unspecified atom stereocenters. The Morgan fingerprint density at radius 2 is 2.14 bits per heavy atom. The molecule has 0 saturated carbocycles. The van der Waals surface area contributed by atoms with Gasteiger partial charge in [-0.25, -0.2) is 17.9 Å². The van der Waals surface area contributed by atoms with Gasteiger partial charge in [0.1, 0.15) is 11.3 Å². The lowest BCUT2D eigenvalue weighted by Gasteiger charge is -2.13. The average molecular weight is 333 g/mol. The maximum atomic E-state index is 12.2. The van der Waals surface area contributed by atoms with Crippen LogP contribution in [0, 0.1) is 5.92 Å². The molecule has 2 N–H and O–H groups in total. The third kappa shape index (κ3) is 4.90. The molecule has 0 saturated heterocycles. The van der Waals surface area contributed by atoms with Gasteiger partial charge in [0.15, 0.2) is 0 Å². The standard InChI is InChI=1S/C13H19NO5S2/c1-9(8-20-3)7-14-21(17,18)10-4-5-12(19-2)11(6-10)13(15)16/h4-6,9,14H,7-8H2,1-3H3,(H,15,16). The molecule has 8 heteroatoms. The quantitative estimate of drug-likeness (QED) is 0.752. The predicted octanol–water partition coefficient (Wildman–Crippen LogP) is 1.67. The number of rotatable bonds is 8. The summed E-state index contributed by atoms with van der Waals surface area (Å²) in [5.41, 5.74) is -0.183. The number of hydrogen-bond donors (Lipinski definition) is 2. The van der Waals surface area contributed by atoms with Gasteiger partial charge in [0.25, 0.3) is 0 Å². The summed E-state index contributed by atoms with van der Waals surface area (Å²) in [5, 5.41) is 9.08. The molecule has 6 nitrogen and oxygen atoms in total. The van der Waals surface area contributed by atoms with E-state index >= 15 is 0 Å². The van der Waals surface area contributed by atoms with Crippen molar-refractivity contribution in [2.75, 3.05) is 25.7 Å². The molecule has 1 aromatic rings. The van der Waals surface area contributed by atoms with Crippen LogP contribution in [0.4, 0.5) is 0 Å². The van der Waals surface area contributed by atoms with Gasteiger partial charge in [-0.1, -0.05) is 6.92 Å². The molecule has 118 valence electrons. The van der Waals surface area contributed by atoms with E-state index in [9.17, 15) is 13.2 Å². The lowest BCUT2D eigenvalue weighted by Crippen LogP contribution is -2.29. The number of aromatic carboxylic acids is 1. The smallest absolute Gasteiger partial charge is 0.339 e. The van der Waals surface area contributed by atoms with Crippen molar-refractivity contribution >= 4 is 27.8 Å². The van der Waals surface area contributed by atoms with Gasteiger partial charge < -0.3 is 9.84 Å². The molecule has 0 spiro atoms. The van der Waals surface area contributed by atoms with Crippen LogP contribution < -0.4 is 9.46 Å². The molecule has 1 atom stereocenters. The summed E-state index contributed by atoms with van der Waals surface area (Å²) in [6.45, 7) is 2.24. The van der Waals surface area contributed by atoms with Crippen LogP contribution in [0.2, 0.25) is 0 Å². The highest BCUT2D eigenvalue weighted by Crippen LogP contribution is 2.22. The van der Waals surface area contributed by atoms with Gasteiger partial charge in [-0.3, -0.25) is 0 Å². The lowest BCUT2D eigenvalue weighted by molar-refractivity contribution is 0.0693. The Balaban J connectivity index is 2.98. The third-order valence-electron chi connectivity index (χ3n) is 2.78. The van der Waals surface area contributed by atoms with Crippen molar-refractivity contribution in [3.05, 3.63) is 23.8 Å². The molecule has 0 amide bonds. The molecule has 1 rings (SSSR count). The molecule has 1 aromatic carbocycles. The lowest BCUT2D eigenvalue weighted by atomic mass is 10.2. The summed E-state index contributed by atoms with van der Waals surface area (Å²) in [6, 6.07) is 3.76. The molecule has 0 bridgehead atoms. The van der Waals surface area contributed by atoms with E-state index in [0.29, 0.717) is 6.54 Å². The molecule has 0 fully saturated rings. The number of nitrogens with one attached hydrogen (secondary N) is 1. The number of methoxy groups -OCH3 is 1. The van der Waals surface area contributed by atoms with E-state index in [1.807, 2.05) is 13.2 Å². The van der Waals surface area contributed by atoms with Crippen LogP contribution in [-0.4, -0.2) is 45.2 Å². The van der Waals surface area contributed by atoms with Gasteiger partial charge in [-0.05, 0) is 36.1 Å². The normalized spacial score (nSPS) is 12.9. The zero-order valence-electron chi connectivity index (χ0n) is 12.1. The minimum Gasteiger partial charge on any atom is -0.496 e. The van der Waals surface area contributed by atoms with Gasteiger partial charge in [-0.2, -0.15) is 11.8 Å². The fourth-order valence-electron chi connectivity index (χ4n) is 1.70. The van der Waals surface area contributed by atoms with Crippen LogP contribution in [0.5, 0.6) is 5.75 Å². The van der Waals surface area contributed by atoms with Crippen LogP contribution in [0.3, 0.4) is 0 Å². The number of ether oxygens (including phenoxy) is 1. The number of carboxylic acid groups (broad SMARTS) is 1. The van der Waals surface area contributed by atoms with E-state index in [1.165, 1.54) is 19.2 Å². The second-order valence-electron chi connectivity index (χ2n) is 4.58. The zero-order valence-corrected chi connectivity index (χ0v) is 13.8. The Labute approximate surface area is 128 Å². The van der Waals surface area contributed by atoms with Crippen LogP contribution in [0.15, 0.2) is 23.1 Å². The Bertz CT molecular complexity index is 601. The predicted molar refractivity (Wildman–Crippen MR) is 82.7 cm³/mol. The van der Waals surface area contributed by atoms with Crippen molar-refractivity contribution in [3.8, 4) is 5.75 Å².